The van der Waals surface area contributed by atoms with E-state index in [2.05, 4.69) is 4.98 Å². The molecule has 140 valence electrons. The molecule has 2 aromatic rings. The summed E-state index contributed by atoms with van der Waals surface area (Å²) in [7, 11) is 0. The molecule has 0 aliphatic carbocycles. The van der Waals surface area contributed by atoms with Crippen LogP contribution in [0.4, 0.5) is 13.2 Å². The molecule has 0 bridgehead atoms. The van der Waals surface area contributed by atoms with Gasteiger partial charge in [-0.2, -0.15) is 18.4 Å². The van der Waals surface area contributed by atoms with Crippen LogP contribution in [0.25, 0.3) is 0 Å². The van der Waals surface area contributed by atoms with E-state index in [1.165, 1.54) is 28.8 Å². The van der Waals surface area contributed by atoms with Gasteiger partial charge in [0.05, 0.1) is 5.56 Å². The first-order valence-corrected chi connectivity index (χ1v) is 9.05. The van der Waals surface area contributed by atoms with E-state index in [1.807, 2.05) is 19.9 Å². The van der Waals surface area contributed by atoms with Crippen LogP contribution < -0.4 is 0 Å². The fourth-order valence-corrected chi connectivity index (χ4v) is 3.36. The van der Waals surface area contributed by atoms with Gasteiger partial charge in [0.2, 0.25) is 0 Å². The molecule has 0 N–H and O–H groups in total. The Morgan fingerprint density at radius 1 is 1.23 bits per heavy atom. The van der Waals surface area contributed by atoms with Gasteiger partial charge in [0, 0.05) is 23.8 Å². The van der Waals surface area contributed by atoms with Gasteiger partial charge < -0.3 is 0 Å². The lowest BCUT2D eigenvalue weighted by atomic mass is 10.0. The van der Waals surface area contributed by atoms with E-state index < -0.39 is 12.2 Å². The van der Waals surface area contributed by atoms with Crippen molar-refractivity contribution >= 4 is 11.9 Å². The maximum absolute atomic E-state index is 13.7. The third kappa shape index (κ3) is 6.04. The molecule has 3 nitrogen and oxygen atoms in total. The summed E-state index contributed by atoms with van der Waals surface area (Å²) >= 11 is 0.954. The zero-order valence-corrected chi connectivity index (χ0v) is 16.0. The molecule has 2 rings (SSSR count). The number of rotatable bonds is 5. The molecule has 1 aromatic heterocycles. The van der Waals surface area contributed by atoms with Crippen LogP contribution in [0.5, 0.6) is 0 Å². The Morgan fingerprint density at radius 2 is 1.92 bits per heavy atom. The first-order valence-electron chi connectivity index (χ1n) is 8.28. The lowest BCUT2D eigenvalue weighted by molar-refractivity contribution is -0.172. The van der Waals surface area contributed by atoms with Crippen LogP contribution in [-0.2, 0) is 0 Å². The maximum atomic E-state index is 13.7. The Balaban J connectivity index is 0.00000163. The van der Waals surface area contributed by atoms with Gasteiger partial charge in [0.1, 0.15) is 12.1 Å². The second kappa shape index (κ2) is 10.2. The van der Waals surface area contributed by atoms with Crippen molar-refractivity contribution in [1.29, 1.82) is 5.26 Å². The van der Waals surface area contributed by atoms with E-state index in [0.717, 1.165) is 17.5 Å². The third-order valence-corrected chi connectivity index (χ3v) is 4.47. The summed E-state index contributed by atoms with van der Waals surface area (Å²) in [5.41, 5.74) is 1.28. The van der Waals surface area contributed by atoms with Crippen LogP contribution in [0.1, 0.15) is 43.5 Å². The van der Waals surface area contributed by atoms with Gasteiger partial charge in [0.25, 0.3) is 0 Å². The van der Waals surface area contributed by atoms with Gasteiger partial charge in [0.15, 0.2) is 0 Å². The topological polar surface area (TPSA) is 39.9 Å². The second-order valence-electron chi connectivity index (χ2n) is 5.20. The number of benzene rings is 1. The Labute approximate surface area is 157 Å². The average Bonchev–Trinajstić information content (AvgIpc) is 2.62. The standard InChI is InChI=1S/C17H16F3N3S.C2H6/c1-3-23(24-15-8-13(9-21)10-22-11-15)16(17(18,19)20)14-6-4-5-12(2)7-14;1-2/h4-8,10-11,16H,3H2,1-2H3;1-2H3/t16-;/m0./s1. The molecule has 0 aliphatic rings. The minimum absolute atomic E-state index is 0.180. The number of hydrogen-bond donors (Lipinski definition) is 0. The Bertz CT molecular complexity index is 741. The first kappa shape index (κ1) is 22.0. The van der Waals surface area contributed by atoms with Crippen LogP contribution in [0, 0.1) is 18.3 Å². The summed E-state index contributed by atoms with van der Waals surface area (Å²) in [6, 6.07) is 8.16. The normalized spacial score (nSPS) is 12.1. The largest absolute Gasteiger partial charge is 0.408 e. The van der Waals surface area contributed by atoms with Crippen LogP contribution in [-0.4, -0.2) is 22.0 Å². The van der Waals surface area contributed by atoms with E-state index in [4.69, 9.17) is 5.26 Å². The van der Waals surface area contributed by atoms with Gasteiger partial charge in [-0.25, -0.2) is 4.31 Å². The zero-order chi connectivity index (χ0) is 19.7. The SMILES string of the molecule is CC.CCN(Sc1cncc(C#N)c1)[C@@H](c1cccc(C)c1)C(F)(F)F. The van der Waals surface area contributed by atoms with Crippen molar-refractivity contribution in [2.75, 3.05) is 6.54 Å². The molecule has 0 saturated heterocycles. The van der Waals surface area contributed by atoms with Gasteiger partial charge in [-0.1, -0.05) is 50.6 Å². The molecular weight excluding hydrogens is 359 g/mol. The van der Waals surface area contributed by atoms with Crippen molar-refractivity contribution in [2.24, 2.45) is 0 Å². The van der Waals surface area contributed by atoms with Gasteiger partial charge in [-0.3, -0.25) is 4.98 Å². The molecule has 0 saturated carbocycles. The van der Waals surface area contributed by atoms with Crippen LogP contribution in [0.15, 0.2) is 47.6 Å². The lowest BCUT2D eigenvalue weighted by Gasteiger charge is -2.31. The quantitative estimate of drug-likeness (QED) is 0.603. The number of aryl methyl sites for hydroxylation is 1. The van der Waals surface area contributed by atoms with Crippen molar-refractivity contribution in [3.63, 3.8) is 0 Å². The van der Waals surface area contributed by atoms with E-state index in [-0.39, 0.29) is 12.1 Å². The molecule has 0 radical (unpaired) electrons. The van der Waals surface area contributed by atoms with Gasteiger partial charge in [-0.05, 0) is 30.5 Å². The Morgan fingerprint density at radius 3 is 2.46 bits per heavy atom. The van der Waals surface area contributed by atoms with Crippen LogP contribution in [0.2, 0.25) is 0 Å². The summed E-state index contributed by atoms with van der Waals surface area (Å²) in [5, 5.41) is 8.91. The third-order valence-electron chi connectivity index (χ3n) is 3.33. The molecule has 1 atom stereocenters. The van der Waals surface area contributed by atoms with Crippen molar-refractivity contribution in [3.05, 3.63) is 59.4 Å². The van der Waals surface area contributed by atoms with Crippen LogP contribution in [0.3, 0.4) is 0 Å². The molecule has 0 unspecified atom stereocenters. The van der Waals surface area contributed by atoms with Crippen LogP contribution >= 0.6 is 11.9 Å². The molecule has 7 heteroatoms. The number of alkyl halides is 3. The van der Waals surface area contributed by atoms with E-state index >= 15 is 0 Å². The average molecular weight is 381 g/mol. The van der Waals surface area contributed by atoms with E-state index in [9.17, 15) is 13.2 Å². The summed E-state index contributed by atoms with van der Waals surface area (Å²) in [5.74, 6) is 0. The smallest absolute Gasteiger partial charge is 0.262 e. The minimum atomic E-state index is -4.42. The molecule has 1 heterocycles. The molecule has 0 spiro atoms. The first-order chi connectivity index (χ1) is 12.3. The monoisotopic (exact) mass is 381 g/mol. The highest BCUT2D eigenvalue weighted by Crippen LogP contribution is 2.42. The zero-order valence-electron chi connectivity index (χ0n) is 15.2. The number of aromatic nitrogens is 1. The van der Waals surface area contributed by atoms with E-state index in [0.29, 0.717) is 10.5 Å². The molecule has 0 aliphatic heterocycles. The molecule has 0 amide bonds. The number of nitrogens with zero attached hydrogens (tertiary/aromatic N) is 3. The van der Waals surface area contributed by atoms with Crippen molar-refractivity contribution in [1.82, 2.24) is 9.29 Å². The highest BCUT2D eigenvalue weighted by molar-refractivity contribution is 7.97. The highest BCUT2D eigenvalue weighted by atomic mass is 32.2. The fraction of sp³-hybridized carbons (Fsp3) is 0.368. The summed E-state index contributed by atoms with van der Waals surface area (Å²) < 4.78 is 42.4. The lowest BCUT2D eigenvalue weighted by Crippen LogP contribution is -2.34. The summed E-state index contributed by atoms with van der Waals surface area (Å²) in [4.78, 5) is 4.40. The molecular formula is C19H22F3N3S. The Hall–Kier alpha value is -2.04. The van der Waals surface area contributed by atoms with Crippen molar-refractivity contribution in [3.8, 4) is 6.07 Å². The second-order valence-corrected chi connectivity index (χ2v) is 6.33. The molecule has 1 aromatic carbocycles. The summed E-state index contributed by atoms with van der Waals surface area (Å²) in [6.45, 7) is 7.61. The van der Waals surface area contributed by atoms with Crippen molar-refractivity contribution in [2.45, 2.75) is 44.8 Å². The Kier molecular flexibility index (Phi) is 8.62. The highest BCUT2D eigenvalue weighted by Gasteiger charge is 2.44. The van der Waals surface area contributed by atoms with Crippen molar-refractivity contribution < 1.29 is 13.2 Å². The molecule has 26 heavy (non-hydrogen) atoms. The predicted molar refractivity (Wildman–Crippen MR) is 98.5 cm³/mol. The predicted octanol–water partition coefficient (Wildman–Crippen LogP) is 5.92. The number of hydrogen-bond acceptors (Lipinski definition) is 4. The number of pyridine rings is 1. The van der Waals surface area contributed by atoms with E-state index in [1.54, 1.807) is 32.0 Å². The fourth-order valence-electron chi connectivity index (χ4n) is 2.32. The number of halogens is 3. The number of nitriles is 1. The summed E-state index contributed by atoms with van der Waals surface area (Å²) in [6.07, 6.45) is -1.59. The minimum Gasteiger partial charge on any atom is -0.262 e. The van der Waals surface area contributed by atoms with Gasteiger partial charge in [-0.15, -0.1) is 0 Å². The maximum Gasteiger partial charge on any atom is 0.408 e. The molecule has 0 fully saturated rings. The van der Waals surface area contributed by atoms with Gasteiger partial charge >= 0.3 is 6.18 Å².